The van der Waals surface area contributed by atoms with Gasteiger partial charge in [0.25, 0.3) is 5.91 Å². The van der Waals surface area contributed by atoms with Crippen LogP contribution in [-0.4, -0.2) is 28.9 Å². The van der Waals surface area contributed by atoms with E-state index in [0.717, 1.165) is 12.1 Å². The Kier molecular flexibility index (Phi) is 6.17. The summed E-state index contributed by atoms with van der Waals surface area (Å²) in [5.74, 6) is -3.41. The van der Waals surface area contributed by atoms with Gasteiger partial charge >= 0.3 is 0 Å². The van der Waals surface area contributed by atoms with Gasteiger partial charge in [-0.15, -0.1) is 0 Å². The first-order valence-electron chi connectivity index (χ1n) is 10.7. The summed E-state index contributed by atoms with van der Waals surface area (Å²) in [4.78, 5) is 42.0. The lowest BCUT2D eigenvalue weighted by molar-refractivity contribution is -0.128. The van der Waals surface area contributed by atoms with E-state index in [1.165, 1.54) is 13.0 Å². The second kappa shape index (κ2) is 9.09. The van der Waals surface area contributed by atoms with Crippen LogP contribution in [0.25, 0.3) is 11.1 Å². The van der Waals surface area contributed by atoms with Gasteiger partial charge in [-0.25, -0.2) is 8.78 Å². The van der Waals surface area contributed by atoms with E-state index < -0.39 is 28.7 Å². The molecule has 1 aliphatic heterocycles. The number of hydrogen-bond donors (Lipinski definition) is 2. The number of benzene rings is 3. The van der Waals surface area contributed by atoms with Gasteiger partial charge in [-0.05, 0) is 55.8 Å². The topological polar surface area (TPSA) is 96.9 Å². The molecule has 2 N–H and O–H groups in total. The lowest BCUT2D eigenvalue weighted by Crippen LogP contribution is -2.33. The van der Waals surface area contributed by atoms with Crippen LogP contribution in [0.2, 0.25) is 0 Å². The van der Waals surface area contributed by atoms with Gasteiger partial charge in [-0.3, -0.25) is 14.4 Å². The highest BCUT2D eigenvalue weighted by atomic mass is 19.1. The van der Waals surface area contributed by atoms with Crippen molar-refractivity contribution in [2.45, 2.75) is 26.4 Å². The minimum atomic E-state index is -1.07. The highest BCUT2D eigenvalue weighted by Gasteiger charge is 2.40. The van der Waals surface area contributed by atoms with Crippen LogP contribution in [0.4, 0.5) is 20.2 Å². The second-order valence-electron chi connectivity index (χ2n) is 8.44. The Morgan fingerprint density at radius 3 is 2.11 bits per heavy atom. The number of oxime groups is 1. The number of rotatable bonds is 5. The third kappa shape index (κ3) is 4.79. The normalized spacial score (nSPS) is 14.2. The van der Waals surface area contributed by atoms with E-state index in [1.54, 1.807) is 56.3 Å². The second-order valence-corrected chi connectivity index (χ2v) is 8.44. The molecule has 4 rings (SSSR count). The van der Waals surface area contributed by atoms with E-state index >= 15 is 0 Å². The number of nitrogens with zero attached hydrogens (tertiary/aromatic N) is 1. The van der Waals surface area contributed by atoms with E-state index in [-0.39, 0.29) is 17.4 Å². The van der Waals surface area contributed by atoms with Crippen LogP contribution in [0.5, 0.6) is 0 Å². The van der Waals surface area contributed by atoms with Crippen LogP contribution >= 0.6 is 0 Å². The molecule has 0 bridgehead atoms. The van der Waals surface area contributed by atoms with Crippen LogP contribution in [0, 0.1) is 11.6 Å². The van der Waals surface area contributed by atoms with Crippen LogP contribution in [0.15, 0.2) is 65.8 Å². The molecule has 3 aromatic rings. The zero-order valence-corrected chi connectivity index (χ0v) is 19.1. The van der Waals surface area contributed by atoms with Crippen molar-refractivity contribution >= 4 is 34.7 Å². The molecular formula is C26H21F2N3O4. The lowest BCUT2D eigenvalue weighted by Gasteiger charge is -2.14. The van der Waals surface area contributed by atoms with Crippen LogP contribution in [0.3, 0.4) is 0 Å². The molecule has 0 saturated heterocycles. The van der Waals surface area contributed by atoms with Gasteiger partial charge in [-0.1, -0.05) is 29.4 Å². The molecule has 0 saturated carbocycles. The first kappa shape index (κ1) is 23.7. The molecule has 0 aromatic heterocycles. The summed E-state index contributed by atoms with van der Waals surface area (Å²) in [6, 6.07) is 14.6. The van der Waals surface area contributed by atoms with E-state index in [0.29, 0.717) is 28.1 Å². The van der Waals surface area contributed by atoms with Gasteiger partial charge in [0.15, 0.2) is 11.3 Å². The van der Waals surface area contributed by atoms with Crippen molar-refractivity contribution in [2.24, 2.45) is 5.16 Å². The zero-order valence-electron chi connectivity index (χ0n) is 19.1. The predicted octanol–water partition coefficient (Wildman–Crippen LogP) is 4.92. The van der Waals surface area contributed by atoms with Crippen molar-refractivity contribution in [2.75, 3.05) is 10.6 Å². The smallest absolute Gasteiger partial charge is 0.261 e. The predicted molar refractivity (Wildman–Crippen MR) is 127 cm³/mol. The van der Waals surface area contributed by atoms with Crippen molar-refractivity contribution in [3.05, 3.63) is 83.4 Å². The van der Waals surface area contributed by atoms with Crippen LogP contribution in [0.1, 0.15) is 36.7 Å². The number of halogens is 2. The maximum Gasteiger partial charge on any atom is 0.261 e. The molecule has 0 radical (unpaired) electrons. The maximum absolute atomic E-state index is 13.9. The van der Waals surface area contributed by atoms with Gasteiger partial charge in [0, 0.05) is 29.4 Å². The lowest BCUT2D eigenvalue weighted by atomic mass is 9.93. The number of amides is 2. The fourth-order valence-corrected chi connectivity index (χ4v) is 3.58. The van der Waals surface area contributed by atoms with Crippen molar-refractivity contribution < 1.29 is 28.0 Å². The molecule has 0 fully saturated rings. The Labute approximate surface area is 199 Å². The number of carbonyl (C=O) groups is 3. The fraction of sp³-hybridized carbons (Fsp3) is 0.154. The highest BCUT2D eigenvalue weighted by Crippen LogP contribution is 2.32. The van der Waals surface area contributed by atoms with E-state index in [2.05, 4.69) is 15.8 Å². The van der Waals surface area contributed by atoms with Crippen LogP contribution in [-0.2, 0) is 14.4 Å². The summed E-state index contributed by atoms with van der Waals surface area (Å²) in [6.07, 6.45) is 0. The van der Waals surface area contributed by atoms with Gasteiger partial charge in [0.1, 0.15) is 17.2 Å². The molecule has 1 heterocycles. The summed E-state index contributed by atoms with van der Waals surface area (Å²) < 4.78 is 27.8. The molecule has 0 aliphatic carbocycles. The minimum Gasteiger partial charge on any atom is -0.381 e. The van der Waals surface area contributed by atoms with Crippen molar-refractivity contribution in [3.63, 3.8) is 0 Å². The fourth-order valence-electron chi connectivity index (χ4n) is 3.58. The molecule has 1 aliphatic rings. The zero-order chi connectivity index (χ0) is 25.3. The van der Waals surface area contributed by atoms with Gasteiger partial charge in [0.05, 0.1) is 0 Å². The molecule has 3 aromatic carbocycles. The van der Waals surface area contributed by atoms with Gasteiger partial charge < -0.3 is 15.5 Å². The molecule has 7 nitrogen and oxygen atoms in total. The third-order valence-corrected chi connectivity index (χ3v) is 5.37. The van der Waals surface area contributed by atoms with Crippen LogP contribution < -0.4 is 10.6 Å². The molecule has 0 unspecified atom stereocenters. The summed E-state index contributed by atoms with van der Waals surface area (Å²) >= 11 is 0. The third-order valence-electron chi connectivity index (χ3n) is 5.37. The first-order valence-corrected chi connectivity index (χ1v) is 10.7. The summed E-state index contributed by atoms with van der Waals surface area (Å²) in [5.41, 5.74) is 0.987. The molecule has 2 amide bonds. The van der Waals surface area contributed by atoms with Gasteiger partial charge in [0.2, 0.25) is 11.7 Å². The Hall–Kier alpha value is -4.40. The minimum absolute atomic E-state index is 0.168. The highest BCUT2D eigenvalue weighted by molar-refractivity contribution is 6.49. The average molecular weight is 477 g/mol. The van der Waals surface area contributed by atoms with E-state index in [1.807, 2.05) is 0 Å². The Balaban J connectivity index is 1.65. The SMILES string of the molecule is CC(=O)Nc1ccc(C2=NOC(C)(C)C2=O)cc1-c1ccc(NC(=O)c2c(F)cccc2F)cc1. The number of carbonyl (C=O) groups excluding carboxylic acids is 3. The Morgan fingerprint density at radius 2 is 1.54 bits per heavy atom. The molecule has 0 atom stereocenters. The summed E-state index contributed by atoms with van der Waals surface area (Å²) in [7, 11) is 0. The largest absolute Gasteiger partial charge is 0.381 e. The van der Waals surface area contributed by atoms with E-state index in [4.69, 9.17) is 4.84 Å². The summed E-state index contributed by atoms with van der Waals surface area (Å²) in [6.45, 7) is 4.62. The van der Waals surface area contributed by atoms with E-state index in [9.17, 15) is 23.2 Å². The first-order chi connectivity index (χ1) is 16.6. The van der Waals surface area contributed by atoms with Gasteiger partial charge in [-0.2, -0.15) is 0 Å². The van der Waals surface area contributed by atoms with Crippen molar-refractivity contribution in [1.82, 2.24) is 0 Å². The Bertz CT molecular complexity index is 1360. The standard InChI is InChI=1S/C26H21F2N3O4/c1-14(32)29-21-12-9-16(23-24(33)26(2,3)35-31-23)13-18(21)15-7-10-17(11-8-15)30-25(34)22-19(27)5-4-6-20(22)28/h4-13H,1-3H3,(H,29,32)(H,30,34). The molecule has 178 valence electrons. The number of ketones is 1. The number of nitrogens with one attached hydrogen (secondary N) is 2. The number of Topliss-reactive ketones (excluding diaryl/α,β-unsaturated/α-hetero) is 1. The molecule has 35 heavy (non-hydrogen) atoms. The van der Waals surface area contributed by atoms with Crippen molar-refractivity contribution in [3.8, 4) is 11.1 Å². The van der Waals surface area contributed by atoms with Crippen molar-refractivity contribution in [1.29, 1.82) is 0 Å². The molecule has 9 heteroatoms. The number of anilines is 2. The molecular weight excluding hydrogens is 456 g/mol. The maximum atomic E-state index is 13.9. The number of hydrogen-bond acceptors (Lipinski definition) is 5. The molecule has 0 spiro atoms. The quantitative estimate of drug-likeness (QED) is 0.545. The Morgan fingerprint density at radius 1 is 0.914 bits per heavy atom. The monoisotopic (exact) mass is 477 g/mol. The summed E-state index contributed by atoms with van der Waals surface area (Å²) in [5, 5.41) is 9.14. The average Bonchev–Trinajstić information content (AvgIpc) is 3.07.